The van der Waals surface area contributed by atoms with Gasteiger partial charge in [-0.3, -0.25) is 5.10 Å². The van der Waals surface area contributed by atoms with E-state index >= 15 is 0 Å². The summed E-state index contributed by atoms with van der Waals surface area (Å²) in [5, 5.41) is 13.5. The Morgan fingerprint density at radius 1 is 1.26 bits per heavy atom. The number of alkyl carbamates (subject to hydrolysis) is 1. The molecule has 8 nitrogen and oxygen atoms in total. The lowest BCUT2D eigenvalue weighted by molar-refractivity contribution is 0.0989. The molecule has 0 saturated heterocycles. The third kappa shape index (κ3) is 4.39. The first-order valence-electron chi connectivity index (χ1n) is 9.21. The number of nitrogens with zero attached hydrogens (tertiary/aromatic N) is 2. The number of ether oxygens (including phenoxy) is 2. The van der Waals surface area contributed by atoms with Crippen molar-refractivity contribution in [1.82, 2.24) is 20.5 Å². The largest absolute Gasteiger partial charge is 0.473 e. The molecule has 2 aliphatic rings. The molecular weight excluding hydrogens is 346 g/mol. The molecule has 27 heavy (non-hydrogen) atoms. The van der Waals surface area contributed by atoms with Gasteiger partial charge < -0.3 is 20.1 Å². The maximum Gasteiger partial charge on any atom is 0.407 e. The number of aromatic nitrogens is 3. The lowest BCUT2D eigenvalue weighted by Gasteiger charge is -2.15. The summed E-state index contributed by atoms with van der Waals surface area (Å²) in [4.78, 5) is 16.3. The first-order chi connectivity index (χ1) is 13.2. The van der Waals surface area contributed by atoms with E-state index in [1.54, 1.807) is 6.20 Å². The second kappa shape index (κ2) is 7.69. The number of hydrogen-bond acceptors (Lipinski definition) is 6. The summed E-state index contributed by atoms with van der Waals surface area (Å²) in [5.41, 5.74) is 1.91. The van der Waals surface area contributed by atoms with Crippen molar-refractivity contribution >= 4 is 17.6 Å². The number of aromatic amines is 1. The van der Waals surface area contributed by atoms with Crippen LogP contribution in [0.2, 0.25) is 0 Å². The van der Waals surface area contributed by atoms with Gasteiger partial charge in [-0.1, -0.05) is 6.08 Å². The quantitative estimate of drug-likeness (QED) is 0.616. The number of anilines is 2. The van der Waals surface area contributed by atoms with Crippen LogP contribution in [0.15, 0.2) is 36.5 Å². The predicted octanol–water partition coefficient (Wildman–Crippen LogP) is 3.25. The van der Waals surface area contributed by atoms with Crippen LogP contribution in [0.3, 0.4) is 0 Å². The molecule has 0 unspecified atom stereocenters. The van der Waals surface area contributed by atoms with Gasteiger partial charge in [0.15, 0.2) is 5.82 Å². The van der Waals surface area contributed by atoms with Gasteiger partial charge in [-0.05, 0) is 38.3 Å². The summed E-state index contributed by atoms with van der Waals surface area (Å²) in [6.45, 7) is 2.25. The van der Waals surface area contributed by atoms with E-state index in [4.69, 9.17) is 9.47 Å². The average molecular weight is 369 g/mol. The van der Waals surface area contributed by atoms with Gasteiger partial charge in [0.25, 0.3) is 0 Å². The number of rotatable bonds is 0. The molecular formula is C19H23N5O3. The molecule has 6 bridgehead atoms. The van der Waals surface area contributed by atoms with Gasteiger partial charge in [0.1, 0.15) is 12.7 Å². The summed E-state index contributed by atoms with van der Waals surface area (Å²) < 4.78 is 11.2. The number of carbonyl (C=O) groups is 1. The Bertz CT molecular complexity index is 834. The lowest BCUT2D eigenvalue weighted by Crippen LogP contribution is -2.34. The standard InChI is InChI=1S/C19H23N5O3/c1-12-3-2-8-26-18-10-14(6-7-20-18)22-17-11-16(23-24-17)13-4-5-15(9-13)27-19(25)21-12/h2-3,6-7,10-13,15H,4-5,8-9H2,1H3,(H,21,25)(H2,22,23,24)/b3-2+/t12-,13+,15-/m1/s1. The highest BCUT2D eigenvalue weighted by Crippen LogP contribution is 2.36. The Balaban J connectivity index is 1.56. The van der Waals surface area contributed by atoms with E-state index in [9.17, 15) is 4.79 Å². The number of carbonyl (C=O) groups excluding carboxylic acids is 1. The molecule has 2 aromatic heterocycles. The van der Waals surface area contributed by atoms with Gasteiger partial charge in [0.05, 0.1) is 0 Å². The van der Waals surface area contributed by atoms with E-state index in [1.165, 1.54) is 0 Å². The van der Waals surface area contributed by atoms with Crippen LogP contribution in [0.25, 0.3) is 0 Å². The molecule has 3 atom stereocenters. The highest BCUT2D eigenvalue weighted by molar-refractivity contribution is 5.68. The molecule has 8 heteroatoms. The van der Waals surface area contributed by atoms with Crippen LogP contribution in [-0.4, -0.2) is 40.0 Å². The van der Waals surface area contributed by atoms with Crippen LogP contribution in [0.1, 0.15) is 37.8 Å². The maximum absolute atomic E-state index is 12.1. The van der Waals surface area contributed by atoms with Crippen molar-refractivity contribution in [2.45, 2.75) is 44.2 Å². The number of nitrogens with one attached hydrogen (secondary N) is 3. The van der Waals surface area contributed by atoms with E-state index < -0.39 is 0 Å². The Hall–Kier alpha value is -3.03. The Kier molecular flexibility index (Phi) is 4.95. The topological polar surface area (TPSA) is 101 Å². The number of H-pyrrole nitrogens is 1. The van der Waals surface area contributed by atoms with Gasteiger partial charge in [-0.2, -0.15) is 5.10 Å². The van der Waals surface area contributed by atoms with Crippen molar-refractivity contribution in [3.8, 4) is 5.88 Å². The molecule has 1 amide bonds. The summed E-state index contributed by atoms with van der Waals surface area (Å²) in [6, 6.07) is 5.55. The minimum atomic E-state index is -0.388. The Morgan fingerprint density at radius 3 is 3.11 bits per heavy atom. The van der Waals surface area contributed by atoms with Crippen LogP contribution in [-0.2, 0) is 4.74 Å². The van der Waals surface area contributed by atoms with E-state index in [1.807, 2.05) is 37.3 Å². The molecule has 3 N–H and O–H groups in total. The van der Waals surface area contributed by atoms with Crippen molar-refractivity contribution in [3.05, 3.63) is 42.2 Å². The highest BCUT2D eigenvalue weighted by Gasteiger charge is 2.30. The van der Waals surface area contributed by atoms with Crippen molar-refractivity contribution < 1.29 is 14.3 Å². The van der Waals surface area contributed by atoms with Crippen molar-refractivity contribution in [1.29, 1.82) is 0 Å². The second-order valence-electron chi connectivity index (χ2n) is 6.93. The van der Waals surface area contributed by atoms with Crippen molar-refractivity contribution in [3.63, 3.8) is 0 Å². The predicted molar refractivity (Wildman–Crippen MR) is 100 cm³/mol. The number of pyridine rings is 1. The van der Waals surface area contributed by atoms with Gasteiger partial charge in [0.2, 0.25) is 5.88 Å². The molecule has 0 spiro atoms. The third-order valence-corrected chi connectivity index (χ3v) is 4.80. The summed E-state index contributed by atoms with van der Waals surface area (Å²) >= 11 is 0. The van der Waals surface area contributed by atoms with Crippen LogP contribution >= 0.6 is 0 Å². The minimum absolute atomic E-state index is 0.0733. The monoisotopic (exact) mass is 369 g/mol. The smallest absolute Gasteiger partial charge is 0.407 e. The third-order valence-electron chi connectivity index (χ3n) is 4.80. The first-order valence-corrected chi connectivity index (χ1v) is 9.21. The fourth-order valence-corrected chi connectivity index (χ4v) is 3.47. The second-order valence-corrected chi connectivity index (χ2v) is 6.93. The van der Waals surface area contributed by atoms with Gasteiger partial charge in [-0.25, -0.2) is 9.78 Å². The first kappa shape index (κ1) is 17.4. The van der Waals surface area contributed by atoms with Crippen molar-refractivity contribution in [2.24, 2.45) is 0 Å². The zero-order valence-corrected chi connectivity index (χ0v) is 15.1. The molecule has 1 aliphatic heterocycles. The molecule has 1 saturated carbocycles. The fraction of sp³-hybridized carbons (Fsp3) is 0.421. The summed E-state index contributed by atoms with van der Waals surface area (Å²) in [7, 11) is 0. The molecule has 4 rings (SSSR count). The Labute approximate surface area is 157 Å². The van der Waals surface area contributed by atoms with Gasteiger partial charge >= 0.3 is 6.09 Å². The van der Waals surface area contributed by atoms with Gasteiger partial charge in [0, 0.05) is 41.7 Å². The average Bonchev–Trinajstić information content (AvgIpc) is 3.28. The normalized spacial score (nSPS) is 26.6. The maximum atomic E-state index is 12.1. The summed E-state index contributed by atoms with van der Waals surface area (Å²) in [6.07, 6.45) is 7.56. The highest BCUT2D eigenvalue weighted by atomic mass is 16.6. The van der Waals surface area contributed by atoms with E-state index in [2.05, 4.69) is 25.8 Å². The lowest BCUT2D eigenvalue weighted by atomic mass is 10.0. The molecule has 142 valence electrons. The fourth-order valence-electron chi connectivity index (χ4n) is 3.47. The van der Waals surface area contributed by atoms with Gasteiger partial charge in [-0.15, -0.1) is 0 Å². The zero-order chi connectivity index (χ0) is 18.6. The van der Waals surface area contributed by atoms with Crippen LogP contribution in [0, 0.1) is 0 Å². The molecule has 2 aromatic rings. The molecule has 1 aliphatic carbocycles. The number of hydrogen-bond donors (Lipinski definition) is 3. The zero-order valence-electron chi connectivity index (χ0n) is 15.1. The molecule has 0 aromatic carbocycles. The van der Waals surface area contributed by atoms with E-state index in [0.29, 0.717) is 18.4 Å². The molecule has 1 fully saturated rings. The molecule has 3 heterocycles. The van der Waals surface area contributed by atoms with Crippen molar-refractivity contribution in [2.75, 3.05) is 11.9 Å². The SMILES string of the molecule is C[C@@H]1/C=C/COc2cc(ccn2)Nc2cc([nH]n2)[C@H]2CC[C@H](C2)OC(=O)N1. The summed E-state index contributed by atoms with van der Waals surface area (Å²) in [5.74, 6) is 1.55. The number of amides is 1. The van der Waals surface area contributed by atoms with Crippen LogP contribution in [0.5, 0.6) is 5.88 Å². The minimum Gasteiger partial charge on any atom is -0.473 e. The van der Waals surface area contributed by atoms with Crippen LogP contribution in [0.4, 0.5) is 16.3 Å². The Morgan fingerprint density at radius 2 is 2.19 bits per heavy atom. The van der Waals surface area contributed by atoms with E-state index in [0.717, 1.165) is 36.5 Å². The van der Waals surface area contributed by atoms with Crippen LogP contribution < -0.4 is 15.4 Å². The van der Waals surface area contributed by atoms with E-state index in [-0.39, 0.29) is 18.2 Å². The molecule has 0 radical (unpaired) electrons. The number of fused-ring (bicyclic) bond motifs is 7.